The Labute approximate surface area is 156 Å². The molecule has 1 aliphatic carbocycles. The molecular formula is C16H20Cl2FN3OS. The number of carbonyl (C=O) groups excluding carboxylic acids is 1. The number of hydrogen-bond donors (Lipinski definition) is 2. The normalized spacial score (nSPS) is 19.8. The Balaban J connectivity index is 0.00000144. The number of amides is 1. The molecule has 8 heteroatoms. The highest BCUT2D eigenvalue weighted by molar-refractivity contribution is 7.16. The van der Waals surface area contributed by atoms with Crippen molar-refractivity contribution in [3.63, 3.8) is 0 Å². The van der Waals surface area contributed by atoms with E-state index in [-0.39, 0.29) is 48.6 Å². The van der Waals surface area contributed by atoms with Crippen LogP contribution in [0.15, 0.2) is 30.5 Å². The molecule has 1 heterocycles. The number of carbonyl (C=O) groups is 1. The summed E-state index contributed by atoms with van der Waals surface area (Å²) < 4.78 is 13.7. The van der Waals surface area contributed by atoms with Crippen LogP contribution in [0.5, 0.6) is 0 Å². The van der Waals surface area contributed by atoms with E-state index in [9.17, 15) is 9.18 Å². The molecule has 1 amide bonds. The Morgan fingerprint density at radius 2 is 1.88 bits per heavy atom. The summed E-state index contributed by atoms with van der Waals surface area (Å²) in [5.41, 5.74) is 6.29. The fourth-order valence-corrected chi connectivity index (χ4v) is 3.50. The van der Waals surface area contributed by atoms with E-state index >= 15 is 0 Å². The zero-order chi connectivity index (χ0) is 15.5. The van der Waals surface area contributed by atoms with Crippen molar-refractivity contribution in [2.45, 2.75) is 37.8 Å². The molecule has 132 valence electrons. The van der Waals surface area contributed by atoms with Gasteiger partial charge in [-0.15, -0.1) is 36.2 Å². The summed E-state index contributed by atoms with van der Waals surface area (Å²) in [6, 6.07) is 6.87. The number of nitrogens with zero attached hydrogens (tertiary/aromatic N) is 1. The fourth-order valence-electron chi connectivity index (χ4n) is 2.66. The lowest BCUT2D eigenvalue weighted by Gasteiger charge is -2.26. The van der Waals surface area contributed by atoms with E-state index in [2.05, 4.69) is 10.3 Å². The van der Waals surface area contributed by atoms with E-state index in [4.69, 9.17) is 5.73 Å². The fraction of sp³-hybridized carbons (Fsp3) is 0.375. The van der Waals surface area contributed by atoms with Crippen molar-refractivity contribution in [3.8, 4) is 10.6 Å². The molecule has 24 heavy (non-hydrogen) atoms. The third-order valence-corrected chi connectivity index (χ3v) is 4.97. The van der Waals surface area contributed by atoms with Crippen molar-refractivity contribution in [3.05, 3.63) is 41.2 Å². The van der Waals surface area contributed by atoms with Crippen molar-refractivity contribution < 1.29 is 9.18 Å². The van der Waals surface area contributed by atoms with Gasteiger partial charge in [-0.05, 0) is 37.8 Å². The quantitative estimate of drug-likeness (QED) is 0.835. The van der Waals surface area contributed by atoms with E-state index in [1.807, 2.05) is 0 Å². The Kier molecular flexibility index (Phi) is 8.09. The standard InChI is InChI=1S/C16H18FN3OS.2ClH/c17-13-4-2-1-3-12(13)16-19-9-14(22-16)15(21)20-11-7-5-10(18)6-8-11;;/h1-4,9-11H,5-8,18H2,(H,20,21);2*1H. The minimum absolute atomic E-state index is 0. The van der Waals surface area contributed by atoms with E-state index in [1.165, 1.54) is 23.6 Å². The third-order valence-electron chi connectivity index (χ3n) is 3.94. The maximum Gasteiger partial charge on any atom is 0.263 e. The predicted octanol–water partition coefficient (Wildman–Crippen LogP) is 3.79. The Hall–Kier alpha value is -1.21. The van der Waals surface area contributed by atoms with Crippen LogP contribution >= 0.6 is 36.2 Å². The summed E-state index contributed by atoms with van der Waals surface area (Å²) in [4.78, 5) is 16.9. The molecule has 0 aliphatic heterocycles. The first kappa shape index (κ1) is 20.8. The highest BCUT2D eigenvalue weighted by atomic mass is 35.5. The molecule has 0 saturated heterocycles. The van der Waals surface area contributed by atoms with Crippen LogP contribution in [0.3, 0.4) is 0 Å². The molecule has 0 spiro atoms. The maximum absolute atomic E-state index is 13.7. The zero-order valence-electron chi connectivity index (χ0n) is 12.9. The lowest BCUT2D eigenvalue weighted by Crippen LogP contribution is -2.40. The van der Waals surface area contributed by atoms with Gasteiger partial charge in [0.25, 0.3) is 5.91 Å². The summed E-state index contributed by atoms with van der Waals surface area (Å²) in [6.45, 7) is 0. The molecule has 0 bridgehead atoms. The van der Waals surface area contributed by atoms with Gasteiger partial charge >= 0.3 is 0 Å². The second kappa shape index (κ2) is 9.32. The smallest absolute Gasteiger partial charge is 0.263 e. The van der Waals surface area contributed by atoms with Gasteiger partial charge in [0, 0.05) is 17.6 Å². The Morgan fingerprint density at radius 3 is 2.54 bits per heavy atom. The van der Waals surface area contributed by atoms with Crippen molar-refractivity contribution in [1.82, 2.24) is 10.3 Å². The van der Waals surface area contributed by atoms with Crippen molar-refractivity contribution in [2.75, 3.05) is 0 Å². The molecule has 2 aromatic rings. The summed E-state index contributed by atoms with van der Waals surface area (Å²) in [6.07, 6.45) is 5.20. The topological polar surface area (TPSA) is 68.0 Å². The van der Waals surface area contributed by atoms with Gasteiger partial charge in [0.05, 0.1) is 6.20 Å². The molecular weight excluding hydrogens is 372 g/mol. The third kappa shape index (κ3) is 4.89. The van der Waals surface area contributed by atoms with Crippen LogP contribution < -0.4 is 11.1 Å². The van der Waals surface area contributed by atoms with Gasteiger partial charge in [0.15, 0.2) is 0 Å². The van der Waals surface area contributed by atoms with Crippen LogP contribution in [0, 0.1) is 5.82 Å². The molecule has 0 unspecified atom stereocenters. The predicted molar refractivity (Wildman–Crippen MR) is 99.7 cm³/mol. The van der Waals surface area contributed by atoms with E-state index in [0.717, 1.165) is 25.7 Å². The average molecular weight is 392 g/mol. The Bertz CT molecular complexity index is 675. The molecule has 0 atom stereocenters. The first-order valence-electron chi connectivity index (χ1n) is 7.40. The van der Waals surface area contributed by atoms with Gasteiger partial charge in [0.2, 0.25) is 0 Å². The molecule has 1 aromatic heterocycles. The van der Waals surface area contributed by atoms with Crippen molar-refractivity contribution in [2.24, 2.45) is 5.73 Å². The van der Waals surface area contributed by atoms with Gasteiger partial charge < -0.3 is 11.1 Å². The van der Waals surface area contributed by atoms with Gasteiger partial charge in [-0.3, -0.25) is 4.79 Å². The van der Waals surface area contributed by atoms with Crippen LogP contribution in [0.1, 0.15) is 35.4 Å². The SMILES string of the molecule is Cl.Cl.NC1CCC(NC(=O)c2cnc(-c3ccccc3F)s2)CC1. The number of thiazole rings is 1. The van der Waals surface area contributed by atoms with Gasteiger partial charge in [-0.25, -0.2) is 9.37 Å². The monoisotopic (exact) mass is 391 g/mol. The highest BCUT2D eigenvalue weighted by Gasteiger charge is 2.21. The number of nitrogens with one attached hydrogen (secondary N) is 1. The highest BCUT2D eigenvalue weighted by Crippen LogP contribution is 2.27. The lowest BCUT2D eigenvalue weighted by molar-refractivity contribution is 0.0930. The number of nitrogens with two attached hydrogens (primary N) is 1. The second-order valence-electron chi connectivity index (χ2n) is 5.59. The molecule has 3 N–H and O–H groups in total. The van der Waals surface area contributed by atoms with E-state index in [1.54, 1.807) is 18.2 Å². The molecule has 4 nitrogen and oxygen atoms in total. The maximum atomic E-state index is 13.7. The van der Waals surface area contributed by atoms with Crippen molar-refractivity contribution >= 4 is 42.1 Å². The molecule has 1 aromatic carbocycles. The minimum Gasteiger partial charge on any atom is -0.349 e. The van der Waals surface area contributed by atoms with Crippen LogP contribution in [0.25, 0.3) is 10.6 Å². The summed E-state index contributed by atoms with van der Waals surface area (Å²) in [5, 5.41) is 3.54. The first-order valence-corrected chi connectivity index (χ1v) is 8.22. The zero-order valence-corrected chi connectivity index (χ0v) is 15.4. The lowest BCUT2D eigenvalue weighted by atomic mass is 9.92. The average Bonchev–Trinajstić information content (AvgIpc) is 3.00. The molecule has 1 aliphatic rings. The number of hydrogen-bond acceptors (Lipinski definition) is 4. The molecule has 3 rings (SSSR count). The van der Waals surface area contributed by atoms with Crippen LogP contribution in [0.4, 0.5) is 4.39 Å². The summed E-state index contributed by atoms with van der Waals surface area (Å²) >= 11 is 1.21. The van der Waals surface area contributed by atoms with Crippen LogP contribution in [-0.4, -0.2) is 23.0 Å². The number of benzene rings is 1. The first-order chi connectivity index (χ1) is 10.6. The number of rotatable bonds is 3. The van der Waals surface area contributed by atoms with Gasteiger partial charge in [-0.2, -0.15) is 0 Å². The summed E-state index contributed by atoms with van der Waals surface area (Å²) in [5.74, 6) is -0.467. The summed E-state index contributed by atoms with van der Waals surface area (Å²) in [7, 11) is 0. The van der Waals surface area contributed by atoms with Crippen LogP contribution in [-0.2, 0) is 0 Å². The largest absolute Gasteiger partial charge is 0.349 e. The van der Waals surface area contributed by atoms with E-state index in [0.29, 0.717) is 15.4 Å². The second-order valence-corrected chi connectivity index (χ2v) is 6.63. The van der Waals surface area contributed by atoms with Crippen LogP contribution in [0.2, 0.25) is 0 Å². The minimum atomic E-state index is -0.329. The van der Waals surface area contributed by atoms with Gasteiger partial charge in [-0.1, -0.05) is 12.1 Å². The van der Waals surface area contributed by atoms with E-state index < -0.39 is 0 Å². The van der Waals surface area contributed by atoms with Crippen molar-refractivity contribution in [1.29, 1.82) is 0 Å². The number of halogens is 3. The van der Waals surface area contributed by atoms with Gasteiger partial charge in [0.1, 0.15) is 15.7 Å². The molecule has 1 saturated carbocycles. The number of aromatic nitrogens is 1. The molecule has 1 fully saturated rings. The Morgan fingerprint density at radius 1 is 1.21 bits per heavy atom. The molecule has 0 radical (unpaired) electrons.